The number of thiophene rings is 1. The van der Waals surface area contributed by atoms with Gasteiger partial charge in [0.2, 0.25) is 10.0 Å². The van der Waals surface area contributed by atoms with Crippen molar-refractivity contribution in [2.24, 2.45) is 0 Å². The SMILES string of the molecule is O=C(Nc1ccc2nc(C3CCCO3)[nH]c2c1)c1sccc1S(=O)(=O)N1CCCC1. The summed E-state index contributed by atoms with van der Waals surface area (Å²) < 4.78 is 32.9. The number of anilines is 1. The standard InChI is InChI=1S/C20H22N4O4S2/c25-20(18-17(7-11-29-18)30(26,27)24-8-1-2-9-24)21-13-5-6-14-15(12-13)23-19(22-14)16-4-3-10-28-16/h5-7,11-12,16H,1-4,8-10H2,(H,21,25)(H,22,23). The molecule has 1 amide bonds. The highest BCUT2D eigenvalue weighted by Gasteiger charge is 2.32. The summed E-state index contributed by atoms with van der Waals surface area (Å²) in [4.78, 5) is 21.0. The number of nitrogens with zero attached hydrogens (tertiary/aromatic N) is 2. The number of nitrogens with one attached hydrogen (secondary N) is 2. The van der Waals surface area contributed by atoms with Crippen molar-refractivity contribution < 1.29 is 17.9 Å². The average molecular weight is 447 g/mol. The summed E-state index contributed by atoms with van der Waals surface area (Å²) in [5, 5.41) is 4.47. The molecule has 158 valence electrons. The molecule has 1 unspecified atom stereocenters. The predicted molar refractivity (Wildman–Crippen MR) is 114 cm³/mol. The number of sulfonamides is 1. The van der Waals surface area contributed by atoms with Crippen LogP contribution in [0.5, 0.6) is 0 Å². The number of ether oxygens (including phenoxy) is 1. The fourth-order valence-electron chi connectivity index (χ4n) is 3.97. The number of aromatic nitrogens is 2. The monoisotopic (exact) mass is 446 g/mol. The number of hydrogen-bond acceptors (Lipinski definition) is 6. The summed E-state index contributed by atoms with van der Waals surface area (Å²) >= 11 is 1.13. The second-order valence-electron chi connectivity index (χ2n) is 7.53. The van der Waals surface area contributed by atoms with E-state index >= 15 is 0 Å². The van der Waals surface area contributed by atoms with Crippen LogP contribution in [0.15, 0.2) is 34.5 Å². The number of rotatable bonds is 5. The van der Waals surface area contributed by atoms with Crippen molar-refractivity contribution in [2.75, 3.05) is 25.0 Å². The number of amides is 1. The molecule has 2 N–H and O–H groups in total. The summed E-state index contributed by atoms with van der Waals surface area (Å²) in [5.41, 5.74) is 2.18. The number of carbonyl (C=O) groups excluding carboxylic acids is 1. The number of carbonyl (C=O) groups is 1. The van der Waals surface area contributed by atoms with Gasteiger partial charge in [-0.25, -0.2) is 13.4 Å². The van der Waals surface area contributed by atoms with Crippen LogP contribution in [-0.4, -0.2) is 48.3 Å². The van der Waals surface area contributed by atoms with Gasteiger partial charge in [0.25, 0.3) is 5.91 Å². The number of H-pyrrole nitrogens is 1. The molecule has 0 radical (unpaired) electrons. The van der Waals surface area contributed by atoms with Crippen molar-refractivity contribution in [1.82, 2.24) is 14.3 Å². The summed E-state index contributed by atoms with van der Waals surface area (Å²) in [7, 11) is -3.65. The van der Waals surface area contributed by atoms with Crippen molar-refractivity contribution in [3.63, 3.8) is 0 Å². The van der Waals surface area contributed by atoms with Crippen molar-refractivity contribution >= 4 is 44.0 Å². The highest BCUT2D eigenvalue weighted by Crippen LogP contribution is 2.30. The van der Waals surface area contributed by atoms with E-state index in [9.17, 15) is 13.2 Å². The maximum absolute atomic E-state index is 12.9. The molecular formula is C20H22N4O4S2. The van der Waals surface area contributed by atoms with Gasteiger partial charge in [0.1, 0.15) is 21.7 Å². The Morgan fingerprint density at radius 2 is 2.07 bits per heavy atom. The summed E-state index contributed by atoms with van der Waals surface area (Å²) in [6.07, 6.45) is 3.65. The molecule has 1 aromatic carbocycles. The van der Waals surface area contributed by atoms with E-state index in [1.165, 1.54) is 10.4 Å². The van der Waals surface area contributed by atoms with Crippen LogP contribution in [0.3, 0.4) is 0 Å². The van der Waals surface area contributed by atoms with Gasteiger partial charge in [0, 0.05) is 25.4 Å². The van der Waals surface area contributed by atoms with Crippen LogP contribution in [0.2, 0.25) is 0 Å². The molecule has 2 fully saturated rings. The third kappa shape index (κ3) is 3.53. The van der Waals surface area contributed by atoms with Gasteiger partial charge >= 0.3 is 0 Å². The Bertz CT molecular complexity index is 1190. The van der Waals surface area contributed by atoms with Gasteiger partial charge in [-0.2, -0.15) is 4.31 Å². The van der Waals surface area contributed by atoms with E-state index in [1.807, 2.05) is 6.07 Å². The molecule has 10 heteroatoms. The van der Waals surface area contributed by atoms with Crippen molar-refractivity contribution in [3.8, 4) is 0 Å². The van der Waals surface area contributed by atoms with Crippen molar-refractivity contribution in [3.05, 3.63) is 40.3 Å². The second kappa shape index (κ2) is 7.77. The quantitative estimate of drug-likeness (QED) is 0.624. The van der Waals surface area contributed by atoms with E-state index in [0.29, 0.717) is 18.8 Å². The van der Waals surface area contributed by atoms with Crippen LogP contribution in [0.4, 0.5) is 5.69 Å². The number of benzene rings is 1. The van der Waals surface area contributed by atoms with Crippen molar-refractivity contribution in [1.29, 1.82) is 0 Å². The van der Waals surface area contributed by atoms with Gasteiger partial charge in [0.15, 0.2) is 0 Å². The predicted octanol–water partition coefficient (Wildman–Crippen LogP) is 3.51. The lowest BCUT2D eigenvalue weighted by Crippen LogP contribution is -2.29. The zero-order chi connectivity index (χ0) is 20.7. The van der Waals surface area contributed by atoms with Crippen LogP contribution in [0, 0.1) is 0 Å². The first kappa shape index (κ1) is 19.7. The minimum atomic E-state index is -3.65. The molecule has 30 heavy (non-hydrogen) atoms. The smallest absolute Gasteiger partial charge is 0.267 e. The first-order valence-corrected chi connectivity index (χ1v) is 12.3. The Morgan fingerprint density at radius 1 is 1.23 bits per heavy atom. The number of aromatic amines is 1. The van der Waals surface area contributed by atoms with Gasteiger partial charge in [0.05, 0.1) is 11.0 Å². The van der Waals surface area contributed by atoms with Gasteiger partial charge in [-0.05, 0) is 55.3 Å². The minimum absolute atomic E-state index is 0.0140. The van der Waals surface area contributed by atoms with Crippen LogP contribution in [0.1, 0.15) is 47.3 Å². The third-order valence-corrected chi connectivity index (χ3v) is 8.49. The Balaban J connectivity index is 1.38. The molecule has 1 atom stereocenters. The zero-order valence-electron chi connectivity index (χ0n) is 16.3. The summed E-state index contributed by atoms with van der Waals surface area (Å²) in [6.45, 7) is 1.75. The van der Waals surface area contributed by atoms with E-state index in [0.717, 1.165) is 60.5 Å². The average Bonchev–Trinajstić information content (AvgIpc) is 3.54. The van der Waals surface area contributed by atoms with E-state index in [1.54, 1.807) is 17.5 Å². The lowest BCUT2D eigenvalue weighted by atomic mass is 10.2. The molecule has 5 rings (SSSR count). The Labute approximate surface area is 178 Å². The topological polar surface area (TPSA) is 104 Å². The van der Waals surface area contributed by atoms with Crippen molar-refractivity contribution in [2.45, 2.75) is 36.7 Å². The Hall–Kier alpha value is -2.27. The fourth-order valence-corrected chi connectivity index (χ4v) is 6.79. The Kier molecular flexibility index (Phi) is 5.10. The lowest BCUT2D eigenvalue weighted by molar-refractivity contribution is 0.102. The maximum atomic E-state index is 12.9. The molecule has 4 heterocycles. The molecule has 2 aliphatic rings. The van der Waals surface area contributed by atoms with E-state index < -0.39 is 15.9 Å². The first-order chi connectivity index (χ1) is 14.5. The lowest BCUT2D eigenvalue weighted by Gasteiger charge is -2.15. The van der Waals surface area contributed by atoms with Gasteiger partial charge in [-0.15, -0.1) is 11.3 Å². The third-order valence-electron chi connectivity index (χ3n) is 5.51. The van der Waals surface area contributed by atoms with Crippen LogP contribution in [0.25, 0.3) is 11.0 Å². The molecule has 8 nitrogen and oxygen atoms in total. The maximum Gasteiger partial charge on any atom is 0.267 e. The molecule has 0 spiro atoms. The van der Waals surface area contributed by atoms with Gasteiger partial charge < -0.3 is 15.0 Å². The van der Waals surface area contributed by atoms with Crippen LogP contribution in [-0.2, 0) is 14.8 Å². The number of imidazole rings is 1. The molecule has 2 saturated heterocycles. The summed E-state index contributed by atoms with van der Waals surface area (Å²) in [5.74, 6) is 0.365. The van der Waals surface area contributed by atoms with Crippen LogP contribution >= 0.6 is 11.3 Å². The largest absolute Gasteiger partial charge is 0.370 e. The summed E-state index contributed by atoms with van der Waals surface area (Å²) in [6, 6.07) is 6.92. The van der Waals surface area contributed by atoms with E-state index in [4.69, 9.17) is 4.74 Å². The highest BCUT2D eigenvalue weighted by atomic mass is 32.2. The fraction of sp³-hybridized carbons (Fsp3) is 0.400. The second-order valence-corrected chi connectivity index (χ2v) is 10.4. The molecular weight excluding hydrogens is 424 g/mol. The molecule has 2 aliphatic heterocycles. The number of fused-ring (bicyclic) bond motifs is 1. The highest BCUT2D eigenvalue weighted by molar-refractivity contribution is 7.89. The van der Waals surface area contributed by atoms with Crippen LogP contribution < -0.4 is 5.32 Å². The minimum Gasteiger partial charge on any atom is -0.370 e. The molecule has 3 aromatic rings. The number of hydrogen-bond donors (Lipinski definition) is 2. The first-order valence-electron chi connectivity index (χ1n) is 10.0. The van der Waals surface area contributed by atoms with E-state index in [-0.39, 0.29) is 15.9 Å². The zero-order valence-corrected chi connectivity index (χ0v) is 17.9. The molecule has 0 bridgehead atoms. The Morgan fingerprint density at radius 3 is 2.83 bits per heavy atom. The normalized spacial score (nSPS) is 20.2. The van der Waals surface area contributed by atoms with Gasteiger partial charge in [-0.3, -0.25) is 4.79 Å². The molecule has 0 aliphatic carbocycles. The molecule has 0 saturated carbocycles. The van der Waals surface area contributed by atoms with Gasteiger partial charge in [-0.1, -0.05) is 0 Å². The van der Waals surface area contributed by atoms with E-state index in [2.05, 4.69) is 15.3 Å². The molecule has 2 aromatic heterocycles.